The lowest BCUT2D eigenvalue weighted by atomic mass is 10.0. The summed E-state index contributed by atoms with van der Waals surface area (Å²) in [6.07, 6.45) is 1.58. The maximum Gasteiger partial charge on any atom is 0.148 e. The van der Waals surface area contributed by atoms with E-state index in [9.17, 15) is 0 Å². The van der Waals surface area contributed by atoms with Crippen molar-refractivity contribution in [2.75, 3.05) is 26.2 Å². The summed E-state index contributed by atoms with van der Waals surface area (Å²) in [7, 11) is 0. The highest BCUT2D eigenvalue weighted by atomic mass is 35.5. The second-order valence-corrected chi connectivity index (χ2v) is 6.95. The molecule has 1 N–H and O–H groups in total. The third-order valence-electron chi connectivity index (χ3n) is 3.57. The summed E-state index contributed by atoms with van der Waals surface area (Å²) in [5, 5.41) is 6.73. The molecular formula is C14H14Cl3N3S. The minimum Gasteiger partial charge on any atom is -0.314 e. The normalized spacial score (nSPS) is 17.9. The van der Waals surface area contributed by atoms with Crippen molar-refractivity contribution in [3.8, 4) is 0 Å². The second kappa shape index (κ2) is 6.82. The Morgan fingerprint density at radius 1 is 1.24 bits per heavy atom. The fraction of sp³-hybridized carbons (Fsp3) is 0.357. The maximum atomic E-state index is 6.41. The molecule has 1 atom stereocenters. The van der Waals surface area contributed by atoms with E-state index in [2.05, 4.69) is 26.6 Å². The van der Waals surface area contributed by atoms with Gasteiger partial charge in [-0.2, -0.15) is 0 Å². The molecule has 7 heteroatoms. The van der Waals surface area contributed by atoms with Crippen LogP contribution in [0, 0.1) is 0 Å². The Morgan fingerprint density at radius 3 is 2.67 bits per heavy atom. The predicted octanol–water partition coefficient (Wildman–Crippen LogP) is 4.10. The number of thiophene rings is 1. The van der Waals surface area contributed by atoms with E-state index in [4.69, 9.17) is 34.8 Å². The van der Waals surface area contributed by atoms with Gasteiger partial charge in [0, 0.05) is 42.8 Å². The van der Waals surface area contributed by atoms with E-state index < -0.39 is 0 Å². The van der Waals surface area contributed by atoms with Crippen molar-refractivity contribution >= 4 is 46.1 Å². The summed E-state index contributed by atoms with van der Waals surface area (Å²) in [5.74, 6) is 0. The number of nitrogens with one attached hydrogen (secondary N) is 1. The smallest absolute Gasteiger partial charge is 0.148 e. The molecule has 1 aliphatic heterocycles. The second-order valence-electron chi connectivity index (χ2n) is 4.83. The van der Waals surface area contributed by atoms with E-state index in [0.29, 0.717) is 15.2 Å². The van der Waals surface area contributed by atoms with E-state index in [1.54, 1.807) is 17.5 Å². The van der Waals surface area contributed by atoms with Gasteiger partial charge in [-0.05, 0) is 11.4 Å². The first-order chi connectivity index (χ1) is 10.2. The molecule has 0 saturated carbocycles. The Kier molecular flexibility index (Phi) is 5.04. The molecule has 1 aliphatic rings. The zero-order chi connectivity index (χ0) is 14.8. The van der Waals surface area contributed by atoms with Gasteiger partial charge in [0.15, 0.2) is 0 Å². The molecule has 0 unspecified atom stereocenters. The Bertz CT molecular complexity index is 612. The molecule has 3 heterocycles. The first-order valence-electron chi connectivity index (χ1n) is 6.66. The van der Waals surface area contributed by atoms with Crippen molar-refractivity contribution in [2.45, 2.75) is 6.04 Å². The quantitative estimate of drug-likeness (QED) is 0.833. The number of nitrogens with zero attached hydrogens (tertiary/aromatic N) is 2. The largest absolute Gasteiger partial charge is 0.314 e. The lowest BCUT2D eigenvalue weighted by molar-refractivity contribution is 0.201. The number of rotatable bonds is 3. The van der Waals surface area contributed by atoms with E-state index >= 15 is 0 Å². The van der Waals surface area contributed by atoms with Crippen LogP contribution in [0.1, 0.15) is 16.5 Å². The Morgan fingerprint density at radius 2 is 2.00 bits per heavy atom. The third kappa shape index (κ3) is 3.21. The van der Waals surface area contributed by atoms with Crippen molar-refractivity contribution in [1.82, 2.24) is 15.2 Å². The van der Waals surface area contributed by atoms with Gasteiger partial charge >= 0.3 is 0 Å². The molecule has 0 radical (unpaired) electrons. The summed E-state index contributed by atoms with van der Waals surface area (Å²) >= 11 is 20.6. The molecule has 112 valence electrons. The summed E-state index contributed by atoms with van der Waals surface area (Å²) in [4.78, 5) is 7.61. The first kappa shape index (κ1) is 15.5. The van der Waals surface area contributed by atoms with Crippen LogP contribution in [-0.4, -0.2) is 36.1 Å². The topological polar surface area (TPSA) is 28.2 Å². The van der Waals surface area contributed by atoms with Crippen LogP contribution in [0.3, 0.4) is 0 Å². The van der Waals surface area contributed by atoms with Crippen molar-refractivity contribution in [1.29, 1.82) is 0 Å². The van der Waals surface area contributed by atoms with Crippen LogP contribution in [0.4, 0.5) is 0 Å². The minimum absolute atomic E-state index is 0.0209. The van der Waals surface area contributed by atoms with Crippen LogP contribution in [0.25, 0.3) is 0 Å². The predicted molar refractivity (Wildman–Crippen MR) is 89.9 cm³/mol. The van der Waals surface area contributed by atoms with Crippen LogP contribution in [-0.2, 0) is 0 Å². The van der Waals surface area contributed by atoms with Crippen LogP contribution in [0.5, 0.6) is 0 Å². The Balaban J connectivity index is 2.09. The lowest BCUT2D eigenvalue weighted by Crippen LogP contribution is -2.45. The number of pyridine rings is 1. The molecule has 1 fully saturated rings. The number of aromatic nitrogens is 1. The summed E-state index contributed by atoms with van der Waals surface area (Å²) < 4.78 is 0. The zero-order valence-electron chi connectivity index (χ0n) is 11.2. The number of hydrogen-bond acceptors (Lipinski definition) is 4. The highest BCUT2D eigenvalue weighted by Crippen LogP contribution is 2.41. The van der Waals surface area contributed by atoms with E-state index in [1.165, 1.54) is 4.88 Å². The van der Waals surface area contributed by atoms with E-state index in [1.807, 2.05) is 6.07 Å². The Labute approximate surface area is 142 Å². The fourth-order valence-corrected chi connectivity index (χ4v) is 4.16. The standard InChI is InChI=1S/C14H14Cl3N3S/c15-9-8-19-14(17)12(16)11(9)13(10-2-1-7-21-10)20-5-3-18-4-6-20/h1-2,7-8,13,18H,3-6H2/t13-/m0/s1. The highest BCUT2D eigenvalue weighted by molar-refractivity contribution is 7.10. The fourth-order valence-electron chi connectivity index (χ4n) is 2.60. The van der Waals surface area contributed by atoms with Gasteiger partial charge < -0.3 is 5.32 Å². The van der Waals surface area contributed by atoms with Gasteiger partial charge in [-0.15, -0.1) is 11.3 Å². The van der Waals surface area contributed by atoms with E-state index in [-0.39, 0.29) is 6.04 Å². The zero-order valence-corrected chi connectivity index (χ0v) is 14.2. The molecule has 2 aromatic rings. The average molecular weight is 363 g/mol. The highest BCUT2D eigenvalue weighted by Gasteiger charge is 2.29. The van der Waals surface area contributed by atoms with Crippen LogP contribution < -0.4 is 5.32 Å². The average Bonchev–Trinajstić information content (AvgIpc) is 3.02. The molecule has 0 spiro atoms. The van der Waals surface area contributed by atoms with Crippen LogP contribution in [0.2, 0.25) is 15.2 Å². The maximum absolute atomic E-state index is 6.41. The van der Waals surface area contributed by atoms with Gasteiger partial charge in [0.2, 0.25) is 0 Å². The van der Waals surface area contributed by atoms with Crippen LogP contribution in [0.15, 0.2) is 23.7 Å². The molecule has 21 heavy (non-hydrogen) atoms. The number of halogens is 3. The third-order valence-corrected chi connectivity index (χ3v) is 5.56. The molecule has 1 saturated heterocycles. The first-order valence-corrected chi connectivity index (χ1v) is 8.67. The van der Waals surface area contributed by atoms with Gasteiger partial charge in [0.1, 0.15) is 5.15 Å². The summed E-state index contributed by atoms with van der Waals surface area (Å²) in [6, 6.07) is 4.17. The molecule has 0 aromatic carbocycles. The number of hydrogen-bond donors (Lipinski definition) is 1. The molecule has 0 bridgehead atoms. The van der Waals surface area contributed by atoms with Crippen molar-refractivity contribution in [2.24, 2.45) is 0 Å². The van der Waals surface area contributed by atoms with Gasteiger partial charge in [-0.3, -0.25) is 4.90 Å². The van der Waals surface area contributed by atoms with Crippen molar-refractivity contribution < 1.29 is 0 Å². The molecule has 0 amide bonds. The molecule has 3 rings (SSSR count). The molecule has 3 nitrogen and oxygen atoms in total. The molecular weight excluding hydrogens is 349 g/mol. The Hall–Kier alpha value is -0.360. The monoisotopic (exact) mass is 361 g/mol. The van der Waals surface area contributed by atoms with Gasteiger partial charge in [-0.1, -0.05) is 40.9 Å². The van der Waals surface area contributed by atoms with E-state index in [0.717, 1.165) is 31.7 Å². The van der Waals surface area contributed by atoms with Gasteiger partial charge in [-0.25, -0.2) is 4.98 Å². The van der Waals surface area contributed by atoms with Gasteiger partial charge in [0.25, 0.3) is 0 Å². The minimum atomic E-state index is 0.0209. The number of piperazine rings is 1. The van der Waals surface area contributed by atoms with Crippen molar-refractivity contribution in [3.63, 3.8) is 0 Å². The lowest BCUT2D eigenvalue weighted by Gasteiger charge is -2.35. The summed E-state index contributed by atoms with van der Waals surface area (Å²) in [6.45, 7) is 3.79. The van der Waals surface area contributed by atoms with Crippen molar-refractivity contribution in [3.05, 3.63) is 49.3 Å². The molecule has 2 aromatic heterocycles. The summed E-state index contributed by atoms with van der Waals surface area (Å²) in [5.41, 5.74) is 0.850. The van der Waals surface area contributed by atoms with Crippen LogP contribution >= 0.6 is 46.1 Å². The molecule has 0 aliphatic carbocycles. The SMILES string of the molecule is Clc1cnc(Cl)c(Cl)c1[C@H](c1cccs1)N1CCNCC1. The van der Waals surface area contributed by atoms with Gasteiger partial charge in [0.05, 0.1) is 16.1 Å².